The largest absolute Gasteiger partial charge is 0.481 e. The van der Waals surface area contributed by atoms with E-state index in [1.165, 1.54) is 6.26 Å². The molecule has 0 aliphatic heterocycles. The number of ether oxygens (including phenoxy) is 1. The second-order valence-corrected chi connectivity index (χ2v) is 7.86. The lowest BCUT2D eigenvalue weighted by Gasteiger charge is -2.19. The molecule has 0 bridgehead atoms. The summed E-state index contributed by atoms with van der Waals surface area (Å²) in [4.78, 5) is 23.6. The van der Waals surface area contributed by atoms with Gasteiger partial charge in [0.25, 0.3) is 0 Å². The maximum Gasteiger partial charge on any atom is 0.349 e. The van der Waals surface area contributed by atoms with E-state index >= 15 is 0 Å². The lowest BCUT2D eigenvalue weighted by atomic mass is 9.96. The number of carboxylic acids is 2. The molecule has 4 rings (SSSR count). The molecule has 3 aromatic carbocycles. The number of nitrogens with two attached hydrogens (primary N) is 2. The molecule has 1 aromatic heterocycles. The van der Waals surface area contributed by atoms with Crippen molar-refractivity contribution in [2.75, 3.05) is 0 Å². The van der Waals surface area contributed by atoms with E-state index in [9.17, 15) is 19.8 Å². The van der Waals surface area contributed by atoms with Crippen molar-refractivity contribution < 1.29 is 29.0 Å². The number of rotatable bonds is 9. The monoisotopic (exact) mass is 460 g/mol. The van der Waals surface area contributed by atoms with Gasteiger partial charge in [0.05, 0.1) is 12.7 Å². The fraction of sp³-hybridized carbons (Fsp3) is 0.154. The van der Waals surface area contributed by atoms with Gasteiger partial charge in [-0.15, -0.1) is 0 Å². The minimum absolute atomic E-state index is 0.164. The summed E-state index contributed by atoms with van der Waals surface area (Å²) in [5, 5.41) is 20.0. The van der Waals surface area contributed by atoms with E-state index in [0.717, 1.165) is 11.1 Å². The number of fused-ring (bicyclic) bond motifs is 1. The molecule has 1 atom stereocenters. The van der Waals surface area contributed by atoms with Crippen LogP contribution in [0.4, 0.5) is 0 Å². The highest BCUT2D eigenvalue weighted by Crippen LogP contribution is 2.35. The van der Waals surface area contributed by atoms with Gasteiger partial charge < -0.3 is 30.8 Å². The molecule has 0 saturated heterocycles. The summed E-state index contributed by atoms with van der Waals surface area (Å²) in [5.74, 6) is -2.11. The Morgan fingerprint density at radius 1 is 0.941 bits per heavy atom. The summed E-state index contributed by atoms with van der Waals surface area (Å²) in [6.45, 7) is 0.559. The predicted octanol–water partition coefficient (Wildman–Crippen LogP) is 3.85. The third-order valence-electron chi connectivity index (χ3n) is 5.53. The van der Waals surface area contributed by atoms with Gasteiger partial charge in [-0.1, -0.05) is 30.3 Å². The molecule has 0 saturated carbocycles. The van der Waals surface area contributed by atoms with Gasteiger partial charge in [-0.05, 0) is 47.0 Å². The Hall–Kier alpha value is -4.14. The number of carboxylic acid groups (broad SMARTS) is 2. The van der Waals surface area contributed by atoms with Crippen molar-refractivity contribution in [1.29, 1.82) is 0 Å². The summed E-state index contributed by atoms with van der Waals surface area (Å²) >= 11 is 0. The maximum absolute atomic E-state index is 12.3. The number of benzene rings is 3. The lowest BCUT2D eigenvalue weighted by molar-refractivity contribution is -0.145. The number of furan rings is 1. The Morgan fingerprint density at radius 3 is 2.41 bits per heavy atom. The van der Waals surface area contributed by atoms with E-state index in [1.54, 1.807) is 36.4 Å². The standard InChI is InChI=1S/C26H24N2O6/c27-13-15-2-1-3-17(8-15)21-11-20(10-19-6-7-33-24(19)21)25(26(31)32)34-22-9-16(14-28)4-5-18(22)12-23(29)30/h1-11,25H,12-14,27-28H2,(H,29,30)(H,31,32). The molecule has 0 aliphatic carbocycles. The van der Waals surface area contributed by atoms with Gasteiger partial charge in [-0.25, -0.2) is 4.79 Å². The highest BCUT2D eigenvalue weighted by atomic mass is 16.5. The molecule has 34 heavy (non-hydrogen) atoms. The van der Waals surface area contributed by atoms with Gasteiger partial charge >= 0.3 is 11.9 Å². The average Bonchev–Trinajstić information content (AvgIpc) is 3.31. The molecule has 4 aromatic rings. The first kappa shape index (κ1) is 23.0. The summed E-state index contributed by atoms with van der Waals surface area (Å²) in [5.41, 5.74) is 16.0. The molecular formula is C26H24N2O6. The SMILES string of the molecule is NCc1cccc(-c2cc(C(Oc3cc(CN)ccc3CC(=O)O)C(=O)O)cc3ccoc23)c1. The average molecular weight is 460 g/mol. The minimum Gasteiger partial charge on any atom is -0.481 e. The Labute approximate surface area is 195 Å². The number of hydrogen-bond acceptors (Lipinski definition) is 6. The second kappa shape index (κ2) is 9.78. The van der Waals surface area contributed by atoms with Crippen LogP contribution in [0.25, 0.3) is 22.1 Å². The van der Waals surface area contributed by atoms with E-state index in [0.29, 0.717) is 39.8 Å². The lowest BCUT2D eigenvalue weighted by Crippen LogP contribution is -2.19. The van der Waals surface area contributed by atoms with Crippen LogP contribution in [0, 0.1) is 0 Å². The van der Waals surface area contributed by atoms with Gasteiger partial charge in [-0.2, -0.15) is 0 Å². The molecule has 0 fully saturated rings. The molecule has 8 nitrogen and oxygen atoms in total. The fourth-order valence-corrected chi connectivity index (χ4v) is 3.87. The molecule has 174 valence electrons. The molecule has 0 aliphatic rings. The quantitative estimate of drug-likeness (QED) is 0.294. The van der Waals surface area contributed by atoms with Crippen LogP contribution in [0.3, 0.4) is 0 Å². The van der Waals surface area contributed by atoms with Crippen LogP contribution in [0.5, 0.6) is 5.75 Å². The van der Waals surface area contributed by atoms with Gasteiger partial charge in [0.1, 0.15) is 11.3 Å². The number of carbonyl (C=O) groups is 2. The van der Waals surface area contributed by atoms with Crippen molar-refractivity contribution in [2.24, 2.45) is 11.5 Å². The van der Waals surface area contributed by atoms with Gasteiger partial charge in [-0.3, -0.25) is 4.79 Å². The first-order chi connectivity index (χ1) is 16.4. The van der Waals surface area contributed by atoms with Crippen molar-refractivity contribution in [3.8, 4) is 16.9 Å². The number of aliphatic carboxylic acids is 2. The molecule has 0 radical (unpaired) electrons. The van der Waals surface area contributed by atoms with Crippen molar-refractivity contribution in [3.05, 3.63) is 89.2 Å². The third-order valence-corrected chi connectivity index (χ3v) is 5.53. The number of hydrogen-bond donors (Lipinski definition) is 4. The van der Waals surface area contributed by atoms with E-state index < -0.39 is 18.0 Å². The molecular weight excluding hydrogens is 436 g/mol. The van der Waals surface area contributed by atoms with Gasteiger partial charge in [0.15, 0.2) is 0 Å². The summed E-state index contributed by atoms with van der Waals surface area (Å²) in [6, 6.07) is 17.6. The van der Waals surface area contributed by atoms with E-state index in [1.807, 2.05) is 24.3 Å². The van der Waals surface area contributed by atoms with Crippen LogP contribution in [0.1, 0.15) is 28.4 Å². The zero-order valence-electron chi connectivity index (χ0n) is 18.2. The van der Waals surface area contributed by atoms with Crippen LogP contribution < -0.4 is 16.2 Å². The highest BCUT2D eigenvalue weighted by molar-refractivity contribution is 5.94. The van der Waals surface area contributed by atoms with Crippen LogP contribution >= 0.6 is 0 Å². The Morgan fingerprint density at radius 2 is 1.71 bits per heavy atom. The van der Waals surface area contributed by atoms with Crippen molar-refractivity contribution in [1.82, 2.24) is 0 Å². The van der Waals surface area contributed by atoms with E-state index in [4.69, 9.17) is 20.6 Å². The van der Waals surface area contributed by atoms with Crippen molar-refractivity contribution in [2.45, 2.75) is 25.6 Å². The van der Waals surface area contributed by atoms with Crippen LogP contribution in [-0.4, -0.2) is 22.2 Å². The van der Waals surface area contributed by atoms with Crippen LogP contribution in [0.2, 0.25) is 0 Å². The summed E-state index contributed by atoms with van der Waals surface area (Å²) in [6.07, 6.45) is -0.169. The maximum atomic E-state index is 12.3. The van der Waals surface area contributed by atoms with E-state index in [-0.39, 0.29) is 18.7 Å². The highest BCUT2D eigenvalue weighted by Gasteiger charge is 2.26. The topological polar surface area (TPSA) is 149 Å². The summed E-state index contributed by atoms with van der Waals surface area (Å²) < 4.78 is 11.6. The molecule has 1 heterocycles. The second-order valence-electron chi connectivity index (χ2n) is 7.86. The smallest absolute Gasteiger partial charge is 0.349 e. The molecule has 0 spiro atoms. The Balaban J connectivity index is 1.82. The van der Waals surface area contributed by atoms with Crippen molar-refractivity contribution in [3.63, 3.8) is 0 Å². The van der Waals surface area contributed by atoms with E-state index in [2.05, 4.69) is 0 Å². The predicted molar refractivity (Wildman–Crippen MR) is 126 cm³/mol. The minimum atomic E-state index is -1.39. The normalized spacial score (nSPS) is 11.9. The Kier molecular flexibility index (Phi) is 6.62. The third kappa shape index (κ3) is 4.78. The zero-order chi connectivity index (χ0) is 24.2. The van der Waals surface area contributed by atoms with Crippen LogP contribution in [-0.2, 0) is 29.1 Å². The molecule has 6 N–H and O–H groups in total. The van der Waals surface area contributed by atoms with Crippen LogP contribution in [0.15, 0.2) is 71.3 Å². The Bertz CT molecular complexity index is 1360. The van der Waals surface area contributed by atoms with Gasteiger partial charge in [0, 0.05) is 35.2 Å². The molecule has 0 amide bonds. The molecule has 1 unspecified atom stereocenters. The van der Waals surface area contributed by atoms with Gasteiger partial charge in [0.2, 0.25) is 6.10 Å². The first-order valence-corrected chi connectivity index (χ1v) is 10.6. The zero-order valence-corrected chi connectivity index (χ0v) is 18.2. The summed E-state index contributed by atoms with van der Waals surface area (Å²) in [7, 11) is 0. The first-order valence-electron chi connectivity index (χ1n) is 10.6. The molecule has 8 heteroatoms. The fourth-order valence-electron chi connectivity index (χ4n) is 3.87. The van der Waals surface area contributed by atoms with Crippen molar-refractivity contribution >= 4 is 22.9 Å².